The third kappa shape index (κ3) is 3.04. The van der Waals surface area contributed by atoms with Crippen LogP contribution in [0.3, 0.4) is 0 Å². The predicted molar refractivity (Wildman–Crippen MR) is 42.2 cm³/mol. The Kier molecular flexibility index (Phi) is 3.43. The third-order valence-corrected chi connectivity index (χ3v) is 2.08. The van der Waals surface area contributed by atoms with E-state index in [0.29, 0.717) is 12.8 Å². The van der Waals surface area contributed by atoms with Crippen LogP contribution in [0.25, 0.3) is 0 Å². The van der Waals surface area contributed by atoms with E-state index in [9.17, 15) is 20.2 Å². The summed E-state index contributed by atoms with van der Waals surface area (Å²) >= 11 is 0. The van der Waals surface area contributed by atoms with Crippen molar-refractivity contribution in [3.8, 4) is 0 Å². The molecule has 0 saturated heterocycles. The van der Waals surface area contributed by atoms with Gasteiger partial charge in [-0.15, -0.1) is 20.2 Å². The highest BCUT2D eigenvalue weighted by Crippen LogP contribution is 2.23. The van der Waals surface area contributed by atoms with E-state index >= 15 is 0 Å². The molecule has 80 valence electrons. The molecule has 0 radical (unpaired) electrons. The van der Waals surface area contributed by atoms with Crippen LogP contribution in [0.15, 0.2) is 0 Å². The van der Waals surface area contributed by atoms with E-state index in [1.165, 1.54) is 0 Å². The largest absolute Gasteiger partial charge is 0.308 e. The minimum Gasteiger partial charge on any atom is -0.308 e. The van der Waals surface area contributed by atoms with Crippen molar-refractivity contribution in [2.24, 2.45) is 0 Å². The van der Waals surface area contributed by atoms with Gasteiger partial charge >= 0.3 is 0 Å². The van der Waals surface area contributed by atoms with Crippen LogP contribution in [-0.2, 0) is 9.68 Å². The molecule has 1 aliphatic rings. The molecule has 0 N–H and O–H groups in total. The Hall–Kier alpha value is -1.60. The average molecular weight is 206 g/mol. The van der Waals surface area contributed by atoms with Crippen LogP contribution in [0, 0.1) is 20.2 Å². The van der Waals surface area contributed by atoms with E-state index < -0.39 is 22.4 Å². The van der Waals surface area contributed by atoms with Gasteiger partial charge in [0.2, 0.25) is 0 Å². The van der Waals surface area contributed by atoms with Crippen LogP contribution in [0.2, 0.25) is 0 Å². The average Bonchev–Trinajstić information content (AvgIpc) is 2.06. The molecule has 0 aliphatic heterocycles. The highest BCUT2D eigenvalue weighted by molar-refractivity contribution is 4.74. The maximum atomic E-state index is 10.1. The van der Waals surface area contributed by atoms with Crippen LogP contribution in [-0.4, -0.2) is 22.4 Å². The van der Waals surface area contributed by atoms with Crippen molar-refractivity contribution in [2.45, 2.75) is 37.9 Å². The summed E-state index contributed by atoms with van der Waals surface area (Å²) in [6.07, 6.45) is 0.721. The number of hydrogen-bond acceptors (Lipinski definition) is 6. The summed E-state index contributed by atoms with van der Waals surface area (Å²) in [5.41, 5.74) is 0. The maximum absolute atomic E-state index is 10.1. The zero-order chi connectivity index (χ0) is 10.6. The fourth-order valence-corrected chi connectivity index (χ4v) is 1.53. The first-order valence-electron chi connectivity index (χ1n) is 4.22. The summed E-state index contributed by atoms with van der Waals surface area (Å²) in [7, 11) is 0. The van der Waals surface area contributed by atoms with Gasteiger partial charge in [0.05, 0.1) is 0 Å². The van der Waals surface area contributed by atoms with Crippen molar-refractivity contribution >= 4 is 0 Å². The molecule has 0 unspecified atom stereocenters. The van der Waals surface area contributed by atoms with E-state index in [2.05, 4.69) is 9.68 Å². The smallest absolute Gasteiger partial charge is 0.294 e. The van der Waals surface area contributed by atoms with Gasteiger partial charge in [0.1, 0.15) is 12.2 Å². The highest BCUT2D eigenvalue weighted by atomic mass is 17.0. The van der Waals surface area contributed by atoms with E-state index in [1.54, 1.807) is 0 Å². The lowest BCUT2D eigenvalue weighted by atomic mass is 9.95. The summed E-state index contributed by atoms with van der Waals surface area (Å²) in [5, 5.41) is 18.2. The minimum atomic E-state index is -0.938. The molecule has 0 heterocycles. The monoisotopic (exact) mass is 206 g/mol. The molecule has 1 saturated carbocycles. The Morgan fingerprint density at radius 1 is 0.929 bits per heavy atom. The topological polar surface area (TPSA) is 105 Å². The van der Waals surface area contributed by atoms with E-state index in [-0.39, 0.29) is 0 Å². The fraction of sp³-hybridized carbons (Fsp3) is 1.00. The molecule has 14 heavy (non-hydrogen) atoms. The van der Waals surface area contributed by atoms with Crippen molar-refractivity contribution in [1.82, 2.24) is 0 Å². The SMILES string of the molecule is O=[N+]([O-])O[C@H]1CCCC[C@H]1O[N+](=O)[O-]. The van der Waals surface area contributed by atoms with Gasteiger partial charge in [0, 0.05) is 0 Å². The molecule has 0 aromatic rings. The van der Waals surface area contributed by atoms with Gasteiger partial charge in [-0.2, -0.15) is 0 Å². The molecule has 8 heteroatoms. The predicted octanol–water partition coefficient (Wildman–Crippen LogP) is 0.714. The van der Waals surface area contributed by atoms with Gasteiger partial charge in [-0.05, 0) is 12.8 Å². The van der Waals surface area contributed by atoms with Gasteiger partial charge in [-0.3, -0.25) is 0 Å². The van der Waals surface area contributed by atoms with Gasteiger partial charge in [-0.25, -0.2) is 0 Å². The van der Waals surface area contributed by atoms with Gasteiger partial charge in [0.15, 0.2) is 0 Å². The summed E-state index contributed by atoms with van der Waals surface area (Å²) in [4.78, 5) is 28.7. The van der Waals surface area contributed by atoms with E-state index in [1.807, 2.05) is 0 Å². The second-order valence-electron chi connectivity index (χ2n) is 3.02. The molecule has 1 fully saturated rings. The molecule has 0 bridgehead atoms. The first-order chi connectivity index (χ1) is 6.59. The van der Waals surface area contributed by atoms with Crippen LogP contribution >= 0.6 is 0 Å². The van der Waals surface area contributed by atoms with E-state index in [0.717, 1.165) is 12.8 Å². The van der Waals surface area contributed by atoms with Crippen molar-refractivity contribution in [3.05, 3.63) is 20.2 Å². The molecule has 0 aromatic carbocycles. The lowest BCUT2D eigenvalue weighted by Crippen LogP contribution is -2.37. The van der Waals surface area contributed by atoms with Crippen molar-refractivity contribution < 1.29 is 19.8 Å². The van der Waals surface area contributed by atoms with Crippen LogP contribution in [0.5, 0.6) is 0 Å². The molecule has 8 nitrogen and oxygen atoms in total. The summed E-state index contributed by atoms with van der Waals surface area (Å²) in [6, 6.07) is 0. The first-order valence-corrected chi connectivity index (χ1v) is 4.22. The molecule has 0 amide bonds. The zero-order valence-corrected chi connectivity index (χ0v) is 7.33. The molecule has 0 aromatic heterocycles. The molecule has 1 rings (SSSR count). The van der Waals surface area contributed by atoms with Crippen LogP contribution in [0.4, 0.5) is 0 Å². The van der Waals surface area contributed by atoms with E-state index in [4.69, 9.17) is 0 Å². The third-order valence-electron chi connectivity index (χ3n) is 2.08. The Morgan fingerprint density at radius 2 is 1.29 bits per heavy atom. The zero-order valence-electron chi connectivity index (χ0n) is 7.33. The van der Waals surface area contributed by atoms with Crippen molar-refractivity contribution in [3.63, 3.8) is 0 Å². The highest BCUT2D eigenvalue weighted by Gasteiger charge is 2.30. The Bertz CT molecular complexity index is 208. The quantitative estimate of drug-likeness (QED) is 0.495. The number of hydrogen-bond donors (Lipinski definition) is 0. The van der Waals surface area contributed by atoms with Gasteiger partial charge in [-0.1, -0.05) is 12.8 Å². The Balaban J connectivity index is 2.49. The lowest BCUT2D eigenvalue weighted by molar-refractivity contribution is -0.800. The number of nitrogens with zero attached hydrogens (tertiary/aromatic N) is 2. The normalized spacial score (nSPS) is 26.6. The van der Waals surface area contributed by atoms with Gasteiger partial charge in [0.25, 0.3) is 10.2 Å². The Morgan fingerprint density at radius 3 is 1.57 bits per heavy atom. The second-order valence-corrected chi connectivity index (χ2v) is 3.02. The standard InChI is InChI=1S/C6H10N2O6/c9-7(10)13-5-3-1-2-4-6(5)14-8(11)12/h5-6H,1-4H2/t5-,6+. The summed E-state index contributed by atoms with van der Waals surface area (Å²) in [5.74, 6) is 0. The lowest BCUT2D eigenvalue weighted by Gasteiger charge is -2.27. The van der Waals surface area contributed by atoms with Gasteiger partial charge < -0.3 is 9.68 Å². The molecule has 2 atom stereocenters. The van der Waals surface area contributed by atoms with Crippen LogP contribution in [0.1, 0.15) is 25.7 Å². The number of rotatable bonds is 4. The minimum absolute atomic E-state index is 0.416. The maximum Gasteiger partial charge on any atom is 0.294 e. The summed E-state index contributed by atoms with van der Waals surface area (Å²) in [6.45, 7) is 0. The van der Waals surface area contributed by atoms with Crippen molar-refractivity contribution in [2.75, 3.05) is 0 Å². The first kappa shape index (κ1) is 10.5. The molecule has 0 spiro atoms. The molecular weight excluding hydrogens is 196 g/mol. The second kappa shape index (κ2) is 4.58. The fourth-order valence-electron chi connectivity index (χ4n) is 1.53. The van der Waals surface area contributed by atoms with Crippen molar-refractivity contribution in [1.29, 1.82) is 0 Å². The molecule has 1 aliphatic carbocycles. The summed E-state index contributed by atoms with van der Waals surface area (Å²) < 4.78 is 0. The molecular formula is C6H10N2O6. The van der Waals surface area contributed by atoms with Crippen LogP contribution < -0.4 is 0 Å². The Labute approximate surface area is 79.0 Å².